The highest BCUT2D eigenvalue weighted by Gasteiger charge is 2.12. The van der Waals surface area contributed by atoms with Gasteiger partial charge in [-0.05, 0) is 18.2 Å². The lowest BCUT2D eigenvalue weighted by atomic mass is 10.1. The quantitative estimate of drug-likeness (QED) is 0.583. The third-order valence-electron chi connectivity index (χ3n) is 3.77. The molecule has 3 heterocycles. The highest BCUT2D eigenvalue weighted by molar-refractivity contribution is 7.10. The number of aromatic amines is 1. The molecule has 24 heavy (non-hydrogen) atoms. The first-order valence-electron chi connectivity index (χ1n) is 7.59. The Bertz CT molecular complexity index is 969. The smallest absolute Gasteiger partial charge is 0.227 e. The second-order valence-corrected chi connectivity index (χ2v) is 6.35. The number of rotatable bonds is 5. The number of carbonyl (C=O) groups excluding carboxylic acids is 1. The molecule has 0 aliphatic rings. The van der Waals surface area contributed by atoms with Crippen molar-refractivity contribution >= 4 is 28.1 Å². The van der Waals surface area contributed by atoms with Crippen molar-refractivity contribution in [2.45, 2.75) is 13.0 Å². The largest absolute Gasteiger partial charge is 0.467 e. The van der Waals surface area contributed by atoms with Crippen molar-refractivity contribution in [1.29, 1.82) is 0 Å². The van der Waals surface area contributed by atoms with E-state index >= 15 is 0 Å². The van der Waals surface area contributed by atoms with Gasteiger partial charge in [0.05, 0.1) is 24.9 Å². The van der Waals surface area contributed by atoms with Crippen LogP contribution >= 0.6 is 11.3 Å². The first-order chi connectivity index (χ1) is 11.8. The fraction of sp³-hybridized carbons (Fsp3) is 0.111. The van der Waals surface area contributed by atoms with Crippen molar-refractivity contribution in [2.75, 3.05) is 0 Å². The van der Waals surface area contributed by atoms with E-state index in [0.717, 1.165) is 32.9 Å². The van der Waals surface area contributed by atoms with E-state index in [2.05, 4.69) is 21.4 Å². The Hall–Kier alpha value is -2.86. The van der Waals surface area contributed by atoms with Gasteiger partial charge in [-0.25, -0.2) is 4.98 Å². The van der Waals surface area contributed by atoms with Crippen molar-refractivity contribution < 1.29 is 9.21 Å². The molecule has 4 rings (SSSR count). The van der Waals surface area contributed by atoms with E-state index in [4.69, 9.17) is 4.42 Å². The van der Waals surface area contributed by atoms with Crippen molar-refractivity contribution in [3.8, 4) is 11.3 Å². The average molecular weight is 337 g/mol. The van der Waals surface area contributed by atoms with Crippen LogP contribution in [0.15, 0.2) is 58.7 Å². The molecule has 0 fully saturated rings. The van der Waals surface area contributed by atoms with E-state index in [-0.39, 0.29) is 12.3 Å². The Morgan fingerprint density at radius 1 is 1.25 bits per heavy atom. The molecule has 0 saturated carbocycles. The standard InChI is InChI=1S/C18H15N3O2S/c22-17(20-9-12-4-3-7-23-12)8-18-21-16(11-24-18)14-10-19-15-6-2-1-5-13(14)15/h1-7,10-11,19H,8-9H2,(H,20,22). The molecule has 2 N–H and O–H groups in total. The van der Waals surface area contributed by atoms with Gasteiger partial charge in [0.2, 0.25) is 5.91 Å². The lowest BCUT2D eigenvalue weighted by Gasteiger charge is -2.01. The molecule has 0 aliphatic carbocycles. The number of furan rings is 1. The van der Waals surface area contributed by atoms with Crippen LogP contribution < -0.4 is 5.32 Å². The zero-order valence-electron chi connectivity index (χ0n) is 12.8. The van der Waals surface area contributed by atoms with Gasteiger partial charge in [-0.2, -0.15) is 0 Å². The van der Waals surface area contributed by atoms with E-state index in [0.29, 0.717) is 6.54 Å². The minimum Gasteiger partial charge on any atom is -0.467 e. The second kappa shape index (κ2) is 6.33. The minimum atomic E-state index is -0.0637. The van der Waals surface area contributed by atoms with Gasteiger partial charge in [0.1, 0.15) is 10.8 Å². The maximum absolute atomic E-state index is 12.0. The van der Waals surface area contributed by atoms with Gasteiger partial charge in [-0.3, -0.25) is 4.79 Å². The van der Waals surface area contributed by atoms with Crippen molar-refractivity contribution in [3.63, 3.8) is 0 Å². The van der Waals surface area contributed by atoms with Gasteiger partial charge in [-0.15, -0.1) is 11.3 Å². The molecule has 0 saturated heterocycles. The molecule has 0 aliphatic heterocycles. The molecule has 1 aromatic carbocycles. The molecule has 0 bridgehead atoms. The van der Waals surface area contributed by atoms with Crippen molar-refractivity contribution in [3.05, 3.63) is 65.0 Å². The fourth-order valence-electron chi connectivity index (χ4n) is 2.60. The Labute approximate surface area is 142 Å². The summed E-state index contributed by atoms with van der Waals surface area (Å²) in [5.41, 5.74) is 3.04. The van der Waals surface area contributed by atoms with Crippen LogP contribution in [0.4, 0.5) is 0 Å². The number of H-pyrrole nitrogens is 1. The lowest BCUT2D eigenvalue weighted by molar-refractivity contribution is -0.120. The van der Waals surface area contributed by atoms with Crippen LogP contribution in [0.5, 0.6) is 0 Å². The first-order valence-corrected chi connectivity index (χ1v) is 8.47. The summed E-state index contributed by atoms with van der Waals surface area (Å²) in [7, 11) is 0. The summed E-state index contributed by atoms with van der Waals surface area (Å²) in [6.07, 6.45) is 3.82. The van der Waals surface area contributed by atoms with E-state index < -0.39 is 0 Å². The molecule has 3 aromatic heterocycles. The van der Waals surface area contributed by atoms with Crippen molar-refractivity contribution in [1.82, 2.24) is 15.3 Å². The fourth-order valence-corrected chi connectivity index (χ4v) is 3.39. The van der Waals surface area contributed by atoms with E-state index in [1.807, 2.05) is 35.8 Å². The number of hydrogen-bond acceptors (Lipinski definition) is 4. The summed E-state index contributed by atoms with van der Waals surface area (Å²) in [4.78, 5) is 19.9. The van der Waals surface area contributed by atoms with Gasteiger partial charge in [0.15, 0.2) is 0 Å². The van der Waals surface area contributed by atoms with Crippen molar-refractivity contribution in [2.24, 2.45) is 0 Å². The van der Waals surface area contributed by atoms with Crippen LogP contribution in [0.2, 0.25) is 0 Å². The Morgan fingerprint density at radius 2 is 2.17 bits per heavy atom. The molecule has 1 amide bonds. The Kier molecular flexibility index (Phi) is 3.88. The number of nitrogens with zero attached hydrogens (tertiary/aromatic N) is 1. The van der Waals surface area contributed by atoms with Gasteiger partial charge in [-0.1, -0.05) is 18.2 Å². The predicted molar refractivity (Wildman–Crippen MR) is 93.7 cm³/mol. The van der Waals surface area contributed by atoms with Crippen LogP contribution in [0, 0.1) is 0 Å². The third-order valence-corrected chi connectivity index (χ3v) is 4.62. The molecular weight excluding hydrogens is 322 g/mol. The zero-order chi connectivity index (χ0) is 16.4. The van der Waals surface area contributed by atoms with E-state index in [9.17, 15) is 4.79 Å². The minimum absolute atomic E-state index is 0.0637. The van der Waals surface area contributed by atoms with Crippen LogP contribution in [-0.4, -0.2) is 15.9 Å². The maximum atomic E-state index is 12.0. The second-order valence-electron chi connectivity index (χ2n) is 5.41. The Morgan fingerprint density at radius 3 is 3.04 bits per heavy atom. The molecule has 5 nitrogen and oxygen atoms in total. The molecule has 0 atom stereocenters. The number of carbonyl (C=O) groups is 1. The first kappa shape index (κ1) is 14.7. The number of fused-ring (bicyclic) bond motifs is 1. The summed E-state index contributed by atoms with van der Waals surface area (Å²) >= 11 is 1.50. The third kappa shape index (κ3) is 2.96. The number of para-hydroxylation sites is 1. The summed E-state index contributed by atoms with van der Waals surface area (Å²) in [5.74, 6) is 0.674. The molecule has 6 heteroatoms. The SMILES string of the molecule is O=C(Cc1nc(-c2c[nH]c3ccccc23)cs1)NCc1ccco1. The monoisotopic (exact) mass is 337 g/mol. The maximum Gasteiger partial charge on any atom is 0.227 e. The summed E-state index contributed by atoms with van der Waals surface area (Å²) in [5, 5.41) is 6.76. The van der Waals surface area contributed by atoms with Crippen LogP contribution in [0.25, 0.3) is 22.2 Å². The topological polar surface area (TPSA) is 70.9 Å². The molecule has 120 valence electrons. The van der Waals surface area contributed by atoms with E-state index in [1.54, 1.807) is 12.3 Å². The lowest BCUT2D eigenvalue weighted by Crippen LogP contribution is -2.24. The molecule has 0 radical (unpaired) electrons. The molecule has 0 unspecified atom stereocenters. The number of nitrogens with one attached hydrogen (secondary N) is 2. The molecule has 4 aromatic rings. The van der Waals surface area contributed by atoms with Gasteiger partial charge in [0, 0.05) is 28.0 Å². The van der Waals surface area contributed by atoms with E-state index in [1.165, 1.54) is 11.3 Å². The number of thiazole rings is 1. The highest BCUT2D eigenvalue weighted by Crippen LogP contribution is 2.29. The molecular formula is C18H15N3O2S. The predicted octanol–water partition coefficient (Wildman–Crippen LogP) is 3.74. The normalized spacial score (nSPS) is 11.0. The number of amides is 1. The average Bonchev–Trinajstić information content (AvgIpc) is 3.33. The van der Waals surface area contributed by atoms with Crippen LogP contribution in [0.1, 0.15) is 10.8 Å². The van der Waals surface area contributed by atoms with Crippen LogP contribution in [-0.2, 0) is 17.8 Å². The van der Waals surface area contributed by atoms with Gasteiger partial charge < -0.3 is 14.7 Å². The van der Waals surface area contributed by atoms with Crippen LogP contribution in [0.3, 0.4) is 0 Å². The number of hydrogen-bond donors (Lipinski definition) is 2. The highest BCUT2D eigenvalue weighted by atomic mass is 32.1. The number of aromatic nitrogens is 2. The van der Waals surface area contributed by atoms with Gasteiger partial charge >= 0.3 is 0 Å². The van der Waals surface area contributed by atoms with Gasteiger partial charge in [0.25, 0.3) is 0 Å². The Balaban J connectivity index is 1.45. The zero-order valence-corrected chi connectivity index (χ0v) is 13.6. The summed E-state index contributed by atoms with van der Waals surface area (Å²) in [6.45, 7) is 0.395. The molecule has 0 spiro atoms. The summed E-state index contributed by atoms with van der Waals surface area (Å²) < 4.78 is 5.20. The summed E-state index contributed by atoms with van der Waals surface area (Å²) in [6, 6.07) is 11.7. The number of benzene rings is 1.